The highest BCUT2D eigenvalue weighted by Crippen LogP contribution is 2.29. The number of rotatable bonds is 3. The van der Waals surface area contributed by atoms with Crippen LogP contribution in [-0.2, 0) is 6.61 Å². The van der Waals surface area contributed by atoms with Gasteiger partial charge in [-0.05, 0) is 6.07 Å². The summed E-state index contributed by atoms with van der Waals surface area (Å²) in [5.74, 6) is 0.0113. The summed E-state index contributed by atoms with van der Waals surface area (Å²) < 4.78 is 29.7. The van der Waals surface area contributed by atoms with Crippen LogP contribution < -0.4 is 4.74 Å². The number of ether oxygens (including phenoxy) is 1. The molecule has 0 atom stereocenters. The number of nitrogens with zero attached hydrogens (tertiary/aromatic N) is 1. The number of halogens is 3. The van der Waals surface area contributed by atoms with Crippen LogP contribution in [-0.4, -0.2) is 17.2 Å². The molecule has 0 spiro atoms. The van der Waals surface area contributed by atoms with E-state index in [0.717, 1.165) is 0 Å². The van der Waals surface area contributed by atoms with Crippen LogP contribution >= 0.6 is 15.9 Å². The monoisotopic (exact) mass is 267 g/mol. The molecular weight excluding hydrogens is 260 g/mol. The standard InChI is InChI=1S/C8H8BrF2NO2/c1-14-8-4(3-13)5(9)2-6(12-8)7(10)11/h2,7,13H,3H2,1H3. The average Bonchev–Trinajstić information content (AvgIpc) is 2.16. The van der Waals surface area contributed by atoms with E-state index in [1.54, 1.807) is 0 Å². The first-order chi connectivity index (χ1) is 6.60. The van der Waals surface area contributed by atoms with E-state index in [0.29, 0.717) is 10.0 Å². The third-order valence-corrected chi connectivity index (χ3v) is 2.33. The molecule has 1 aromatic heterocycles. The lowest BCUT2D eigenvalue weighted by molar-refractivity contribution is 0.144. The average molecular weight is 268 g/mol. The summed E-state index contributed by atoms with van der Waals surface area (Å²) >= 11 is 3.05. The number of methoxy groups -OCH3 is 1. The maximum absolute atomic E-state index is 12.3. The van der Waals surface area contributed by atoms with Crippen molar-refractivity contribution in [1.29, 1.82) is 0 Å². The van der Waals surface area contributed by atoms with E-state index in [1.165, 1.54) is 13.2 Å². The van der Waals surface area contributed by atoms with Crippen molar-refractivity contribution < 1.29 is 18.6 Å². The van der Waals surface area contributed by atoms with Crippen LogP contribution in [0.4, 0.5) is 8.78 Å². The van der Waals surface area contributed by atoms with Crippen molar-refractivity contribution >= 4 is 15.9 Å². The van der Waals surface area contributed by atoms with Gasteiger partial charge in [0.25, 0.3) is 6.43 Å². The zero-order valence-electron chi connectivity index (χ0n) is 7.30. The highest BCUT2D eigenvalue weighted by atomic mass is 79.9. The first-order valence-electron chi connectivity index (χ1n) is 3.72. The van der Waals surface area contributed by atoms with Crippen LogP contribution in [0.2, 0.25) is 0 Å². The molecule has 0 aliphatic carbocycles. The van der Waals surface area contributed by atoms with Gasteiger partial charge in [-0.15, -0.1) is 0 Å². The molecule has 1 heterocycles. The predicted octanol–water partition coefficient (Wildman–Crippen LogP) is 2.28. The Bertz CT molecular complexity index is 333. The number of alkyl halides is 2. The summed E-state index contributed by atoms with van der Waals surface area (Å²) in [6.45, 7) is -0.319. The number of hydrogen-bond donors (Lipinski definition) is 1. The second-order valence-electron chi connectivity index (χ2n) is 2.48. The van der Waals surface area contributed by atoms with Gasteiger partial charge >= 0.3 is 0 Å². The first kappa shape index (κ1) is 11.3. The van der Waals surface area contributed by atoms with E-state index >= 15 is 0 Å². The second-order valence-corrected chi connectivity index (χ2v) is 3.33. The summed E-state index contributed by atoms with van der Waals surface area (Å²) in [4.78, 5) is 3.56. The van der Waals surface area contributed by atoms with Crippen LogP contribution in [0.1, 0.15) is 17.7 Å². The largest absolute Gasteiger partial charge is 0.481 e. The minimum atomic E-state index is -2.66. The van der Waals surface area contributed by atoms with Gasteiger partial charge in [0, 0.05) is 4.47 Å². The second kappa shape index (κ2) is 4.65. The van der Waals surface area contributed by atoms with Gasteiger partial charge in [0.05, 0.1) is 19.3 Å². The third kappa shape index (κ3) is 2.19. The van der Waals surface area contributed by atoms with Crippen molar-refractivity contribution in [2.24, 2.45) is 0 Å². The molecule has 0 fully saturated rings. The van der Waals surface area contributed by atoms with Crippen LogP contribution in [0.25, 0.3) is 0 Å². The Hall–Kier alpha value is -0.750. The van der Waals surface area contributed by atoms with Gasteiger partial charge < -0.3 is 9.84 Å². The molecular formula is C8H8BrF2NO2. The SMILES string of the molecule is COc1nc(C(F)F)cc(Br)c1CO. The molecule has 1 aromatic rings. The van der Waals surface area contributed by atoms with E-state index in [2.05, 4.69) is 20.9 Å². The van der Waals surface area contributed by atoms with Gasteiger partial charge in [-0.1, -0.05) is 15.9 Å². The van der Waals surface area contributed by atoms with Crippen LogP contribution in [0.15, 0.2) is 10.5 Å². The van der Waals surface area contributed by atoms with E-state index < -0.39 is 6.43 Å². The predicted molar refractivity (Wildman–Crippen MR) is 49.4 cm³/mol. The van der Waals surface area contributed by atoms with Crippen LogP contribution in [0.5, 0.6) is 5.88 Å². The molecule has 0 aliphatic heterocycles. The van der Waals surface area contributed by atoms with Gasteiger partial charge in [-0.2, -0.15) is 0 Å². The molecule has 0 unspecified atom stereocenters. The zero-order valence-corrected chi connectivity index (χ0v) is 8.88. The quantitative estimate of drug-likeness (QED) is 0.914. The fraction of sp³-hybridized carbons (Fsp3) is 0.375. The van der Waals surface area contributed by atoms with Gasteiger partial charge in [0.1, 0.15) is 5.69 Å². The molecule has 0 bridgehead atoms. The zero-order chi connectivity index (χ0) is 10.7. The Kier molecular flexibility index (Phi) is 3.77. The summed E-state index contributed by atoms with van der Waals surface area (Å²) in [7, 11) is 1.31. The summed E-state index contributed by atoms with van der Waals surface area (Å²) in [5, 5.41) is 8.92. The van der Waals surface area contributed by atoms with Gasteiger partial charge in [0.2, 0.25) is 5.88 Å². The van der Waals surface area contributed by atoms with Gasteiger partial charge in [-0.25, -0.2) is 13.8 Å². The minimum absolute atomic E-state index is 0.0113. The third-order valence-electron chi connectivity index (χ3n) is 1.63. The maximum atomic E-state index is 12.3. The van der Waals surface area contributed by atoms with Crippen molar-refractivity contribution in [1.82, 2.24) is 4.98 Å². The lowest BCUT2D eigenvalue weighted by Gasteiger charge is -2.09. The van der Waals surface area contributed by atoms with Crippen molar-refractivity contribution in [3.63, 3.8) is 0 Å². The van der Waals surface area contributed by atoms with Crippen LogP contribution in [0.3, 0.4) is 0 Å². The molecule has 6 heteroatoms. The Morgan fingerprint density at radius 3 is 2.71 bits per heavy atom. The number of aromatic nitrogens is 1. The number of pyridine rings is 1. The minimum Gasteiger partial charge on any atom is -0.481 e. The smallest absolute Gasteiger partial charge is 0.280 e. The lowest BCUT2D eigenvalue weighted by Crippen LogP contribution is -2.00. The summed E-state index contributed by atoms with van der Waals surface area (Å²) in [6, 6.07) is 1.17. The van der Waals surface area contributed by atoms with Crippen molar-refractivity contribution in [2.45, 2.75) is 13.0 Å². The van der Waals surface area contributed by atoms with Crippen molar-refractivity contribution in [3.8, 4) is 5.88 Å². The number of hydrogen-bond acceptors (Lipinski definition) is 3. The number of aliphatic hydroxyl groups excluding tert-OH is 1. The molecule has 78 valence electrons. The fourth-order valence-corrected chi connectivity index (χ4v) is 1.49. The fourth-order valence-electron chi connectivity index (χ4n) is 0.960. The van der Waals surface area contributed by atoms with E-state index in [-0.39, 0.29) is 18.2 Å². The topological polar surface area (TPSA) is 42.4 Å². The Morgan fingerprint density at radius 2 is 2.29 bits per heavy atom. The summed E-state index contributed by atoms with van der Waals surface area (Å²) in [5.41, 5.74) is -0.0252. The van der Waals surface area contributed by atoms with E-state index in [1.807, 2.05) is 0 Å². The highest BCUT2D eigenvalue weighted by Gasteiger charge is 2.16. The molecule has 0 radical (unpaired) electrons. The van der Waals surface area contributed by atoms with Gasteiger partial charge in [0.15, 0.2) is 0 Å². The normalized spacial score (nSPS) is 10.7. The highest BCUT2D eigenvalue weighted by molar-refractivity contribution is 9.10. The van der Waals surface area contributed by atoms with Crippen molar-refractivity contribution in [3.05, 3.63) is 21.8 Å². The van der Waals surface area contributed by atoms with Gasteiger partial charge in [-0.3, -0.25) is 0 Å². The van der Waals surface area contributed by atoms with E-state index in [4.69, 9.17) is 9.84 Å². The molecule has 0 aromatic carbocycles. The maximum Gasteiger partial charge on any atom is 0.280 e. The van der Waals surface area contributed by atoms with Crippen LogP contribution in [0, 0.1) is 0 Å². The lowest BCUT2D eigenvalue weighted by atomic mass is 10.2. The molecule has 1 N–H and O–H groups in total. The van der Waals surface area contributed by atoms with Crippen molar-refractivity contribution in [2.75, 3.05) is 7.11 Å². The van der Waals surface area contributed by atoms with E-state index in [9.17, 15) is 8.78 Å². The molecule has 14 heavy (non-hydrogen) atoms. The molecule has 0 saturated heterocycles. The summed E-state index contributed by atoms with van der Waals surface area (Å²) in [6.07, 6.45) is -2.66. The Balaban J connectivity index is 3.24. The number of aliphatic hydroxyl groups is 1. The molecule has 1 rings (SSSR count). The molecule has 3 nitrogen and oxygen atoms in total. The first-order valence-corrected chi connectivity index (χ1v) is 4.51. The Morgan fingerprint density at radius 1 is 1.64 bits per heavy atom. The Labute approximate surface area is 87.9 Å². The molecule has 0 amide bonds. The molecule has 0 saturated carbocycles. The molecule has 0 aliphatic rings.